The second-order valence-electron chi connectivity index (χ2n) is 5.73. The molecule has 0 aliphatic carbocycles. The molecule has 2 aromatic rings. The second-order valence-corrected chi connectivity index (χ2v) is 6.12. The lowest BCUT2D eigenvalue weighted by Gasteiger charge is -2.23. The van der Waals surface area contributed by atoms with E-state index in [0.717, 1.165) is 17.7 Å². The summed E-state index contributed by atoms with van der Waals surface area (Å²) in [5.41, 5.74) is 2.16. The number of hydrogen-bond acceptors (Lipinski definition) is 5. The van der Waals surface area contributed by atoms with Crippen LogP contribution in [-0.2, 0) is 16.0 Å². The summed E-state index contributed by atoms with van der Waals surface area (Å²) in [5, 5.41) is 0.140. The highest BCUT2D eigenvalue weighted by Crippen LogP contribution is 2.32. The first-order chi connectivity index (χ1) is 12.0. The van der Waals surface area contributed by atoms with Gasteiger partial charge in [0.2, 0.25) is 0 Å². The second kappa shape index (κ2) is 7.11. The average molecular weight is 361 g/mol. The summed E-state index contributed by atoms with van der Waals surface area (Å²) in [5.74, 6) is -0.639. The van der Waals surface area contributed by atoms with Crippen LogP contribution < -0.4 is 9.64 Å². The van der Waals surface area contributed by atoms with Crippen LogP contribution in [0.15, 0.2) is 36.5 Å². The van der Waals surface area contributed by atoms with E-state index in [1.165, 1.54) is 19.4 Å². The summed E-state index contributed by atoms with van der Waals surface area (Å²) in [4.78, 5) is 30.1. The molecule has 1 aromatic carbocycles. The highest BCUT2D eigenvalue weighted by atomic mass is 35.5. The maximum absolute atomic E-state index is 12.6. The molecule has 130 valence electrons. The minimum atomic E-state index is -0.605. The van der Waals surface area contributed by atoms with Crippen molar-refractivity contribution in [2.45, 2.75) is 19.4 Å². The number of pyridine rings is 1. The van der Waals surface area contributed by atoms with E-state index < -0.39 is 5.97 Å². The Kier molecular flexibility index (Phi) is 4.90. The molecule has 1 aromatic heterocycles. The minimum absolute atomic E-state index is 0.0527. The van der Waals surface area contributed by atoms with Crippen molar-refractivity contribution < 1.29 is 19.1 Å². The van der Waals surface area contributed by atoms with Gasteiger partial charge in [-0.25, -0.2) is 9.78 Å². The zero-order chi connectivity index (χ0) is 18.0. The maximum Gasteiger partial charge on any atom is 0.341 e. The van der Waals surface area contributed by atoms with Gasteiger partial charge in [-0.2, -0.15) is 0 Å². The number of halogens is 1. The number of para-hydroxylation sites is 1. The van der Waals surface area contributed by atoms with Gasteiger partial charge in [-0.3, -0.25) is 4.79 Å². The summed E-state index contributed by atoms with van der Waals surface area (Å²) in [7, 11) is 1.26. The lowest BCUT2D eigenvalue weighted by molar-refractivity contribution is -0.120. The van der Waals surface area contributed by atoms with Gasteiger partial charge in [0, 0.05) is 11.7 Å². The molecule has 0 fully saturated rings. The largest absolute Gasteiger partial charge is 0.481 e. The molecule has 1 aliphatic heterocycles. The van der Waals surface area contributed by atoms with E-state index in [4.69, 9.17) is 21.1 Å². The standard InChI is InChI=1S/C18H17ClN2O4/c1-11-7-12-5-3-4-6-14(12)21(11)17(22)10-25-15-9-20-16(19)8-13(15)18(23)24-2/h3-6,8-9,11H,7,10H2,1-2H3/t11-/m0/s1. The third kappa shape index (κ3) is 3.44. The highest BCUT2D eigenvalue weighted by molar-refractivity contribution is 6.29. The SMILES string of the molecule is COC(=O)c1cc(Cl)ncc1OCC(=O)N1c2ccccc2C[C@@H]1C. The zero-order valence-corrected chi connectivity index (χ0v) is 14.6. The van der Waals surface area contributed by atoms with E-state index >= 15 is 0 Å². The molecule has 0 saturated carbocycles. The van der Waals surface area contributed by atoms with Crippen LogP contribution in [0.3, 0.4) is 0 Å². The average Bonchev–Trinajstić information content (AvgIpc) is 2.95. The Hall–Kier alpha value is -2.60. The van der Waals surface area contributed by atoms with E-state index in [0.29, 0.717) is 0 Å². The van der Waals surface area contributed by atoms with Gasteiger partial charge in [-0.15, -0.1) is 0 Å². The monoisotopic (exact) mass is 360 g/mol. The first-order valence-corrected chi connectivity index (χ1v) is 8.15. The van der Waals surface area contributed by atoms with E-state index in [9.17, 15) is 9.59 Å². The van der Waals surface area contributed by atoms with E-state index in [-0.39, 0.29) is 35.0 Å². The number of nitrogens with zero attached hydrogens (tertiary/aromatic N) is 2. The van der Waals surface area contributed by atoms with Gasteiger partial charge in [0.1, 0.15) is 10.7 Å². The molecule has 0 N–H and O–H groups in total. The van der Waals surface area contributed by atoms with Crippen LogP contribution in [0.1, 0.15) is 22.8 Å². The number of rotatable bonds is 4. The van der Waals surface area contributed by atoms with Gasteiger partial charge in [-0.05, 0) is 31.0 Å². The first-order valence-electron chi connectivity index (χ1n) is 7.78. The number of fused-ring (bicyclic) bond motifs is 1. The molecule has 25 heavy (non-hydrogen) atoms. The Morgan fingerprint density at radius 2 is 2.12 bits per heavy atom. The van der Waals surface area contributed by atoms with E-state index in [1.807, 2.05) is 31.2 Å². The Morgan fingerprint density at radius 3 is 2.88 bits per heavy atom. The zero-order valence-electron chi connectivity index (χ0n) is 13.9. The predicted molar refractivity (Wildman–Crippen MR) is 93.2 cm³/mol. The topological polar surface area (TPSA) is 68.7 Å². The Morgan fingerprint density at radius 1 is 1.36 bits per heavy atom. The highest BCUT2D eigenvalue weighted by Gasteiger charge is 2.31. The fraction of sp³-hybridized carbons (Fsp3) is 0.278. The fourth-order valence-electron chi connectivity index (χ4n) is 2.96. The third-order valence-corrected chi connectivity index (χ3v) is 4.27. The lowest BCUT2D eigenvalue weighted by atomic mass is 10.1. The van der Waals surface area contributed by atoms with Crippen LogP contribution in [0.2, 0.25) is 5.15 Å². The molecule has 6 nitrogen and oxygen atoms in total. The van der Waals surface area contributed by atoms with Gasteiger partial charge in [0.15, 0.2) is 12.4 Å². The summed E-state index contributed by atoms with van der Waals surface area (Å²) in [6.07, 6.45) is 2.11. The number of ether oxygens (including phenoxy) is 2. The number of carbonyl (C=O) groups excluding carboxylic acids is 2. The van der Waals surface area contributed by atoms with Gasteiger partial charge in [0.25, 0.3) is 5.91 Å². The molecule has 1 amide bonds. The van der Waals surface area contributed by atoms with Crippen LogP contribution in [0.25, 0.3) is 0 Å². The number of hydrogen-bond donors (Lipinski definition) is 0. The number of benzene rings is 1. The van der Waals surface area contributed by atoms with Gasteiger partial charge in [-0.1, -0.05) is 29.8 Å². The van der Waals surface area contributed by atoms with Crippen molar-refractivity contribution in [1.29, 1.82) is 0 Å². The van der Waals surface area contributed by atoms with Crippen LogP contribution in [0, 0.1) is 0 Å². The minimum Gasteiger partial charge on any atom is -0.481 e. The van der Waals surface area contributed by atoms with Crippen LogP contribution in [0.4, 0.5) is 5.69 Å². The Bertz CT molecular complexity index is 824. The molecule has 0 unspecified atom stereocenters. The van der Waals surface area contributed by atoms with E-state index in [2.05, 4.69) is 4.98 Å². The molecule has 7 heteroatoms. The summed E-state index contributed by atoms with van der Waals surface area (Å²) in [6, 6.07) is 9.19. The molecular weight excluding hydrogens is 344 g/mol. The van der Waals surface area contributed by atoms with Gasteiger partial charge in [0.05, 0.1) is 13.3 Å². The van der Waals surface area contributed by atoms with Crippen molar-refractivity contribution in [1.82, 2.24) is 4.98 Å². The third-order valence-electron chi connectivity index (χ3n) is 4.07. The van der Waals surface area contributed by atoms with Crippen molar-refractivity contribution in [3.63, 3.8) is 0 Å². The van der Waals surface area contributed by atoms with Crippen LogP contribution in [-0.4, -0.2) is 36.6 Å². The summed E-state index contributed by atoms with van der Waals surface area (Å²) in [6.45, 7) is 1.77. The Balaban J connectivity index is 1.76. The fourth-order valence-corrected chi connectivity index (χ4v) is 3.11. The normalized spacial score (nSPS) is 15.6. The number of carbonyl (C=O) groups is 2. The first kappa shape index (κ1) is 17.2. The molecule has 1 atom stereocenters. The van der Waals surface area contributed by atoms with Crippen molar-refractivity contribution in [2.75, 3.05) is 18.6 Å². The molecule has 0 radical (unpaired) electrons. The summed E-state index contributed by atoms with van der Waals surface area (Å²) >= 11 is 5.81. The molecule has 0 spiro atoms. The van der Waals surface area contributed by atoms with Crippen LogP contribution in [0.5, 0.6) is 5.75 Å². The smallest absolute Gasteiger partial charge is 0.341 e. The number of amides is 1. The van der Waals surface area contributed by atoms with Gasteiger partial charge < -0.3 is 14.4 Å². The molecule has 0 bridgehead atoms. The van der Waals surface area contributed by atoms with Crippen molar-refractivity contribution in [2.24, 2.45) is 0 Å². The molecule has 1 aliphatic rings. The number of aromatic nitrogens is 1. The molecular formula is C18H17ClN2O4. The molecule has 2 heterocycles. The Labute approximate surface area is 150 Å². The quantitative estimate of drug-likeness (QED) is 0.619. The van der Waals surface area contributed by atoms with Crippen molar-refractivity contribution in [3.05, 3.63) is 52.8 Å². The molecule has 0 saturated heterocycles. The number of esters is 1. The van der Waals surface area contributed by atoms with Crippen LogP contribution >= 0.6 is 11.6 Å². The molecule has 3 rings (SSSR count). The predicted octanol–water partition coefficient (Wildman–Crippen LogP) is 2.88. The summed E-state index contributed by atoms with van der Waals surface area (Å²) < 4.78 is 10.2. The maximum atomic E-state index is 12.6. The lowest BCUT2D eigenvalue weighted by Crippen LogP contribution is -2.39. The van der Waals surface area contributed by atoms with Gasteiger partial charge >= 0.3 is 5.97 Å². The van der Waals surface area contributed by atoms with Crippen molar-refractivity contribution >= 4 is 29.2 Å². The van der Waals surface area contributed by atoms with Crippen molar-refractivity contribution in [3.8, 4) is 5.75 Å². The number of anilines is 1. The van der Waals surface area contributed by atoms with E-state index in [1.54, 1.807) is 4.90 Å². The number of methoxy groups -OCH3 is 1.